The number of aryl methyl sites for hydroxylation is 1. The number of benzene rings is 1. The molecule has 114 valence electrons. The summed E-state index contributed by atoms with van der Waals surface area (Å²) in [6, 6.07) is 9.44. The zero-order valence-corrected chi connectivity index (χ0v) is 12.4. The van der Waals surface area contributed by atoms with E-state index in [2.05, 4.69) is 0 Å². The third-order valence-electron chi connectivity index (χ3n) is 3.34. The number of hydrogen-bond acceptors (Lipinski definition) is 5. The lowest BCUT2D eigenvalue weighted by molar-refractivity contribution is 0.0930. The molecule has 0 unspecified atom stereocenters. The number of furan rings is 1. The van der Waals surface area contributed by atoms with Gasteiger partial charge in [-0.1, -0.05) is 6.07 Å². The lowest BCUT2D eigenvalue weighted by atomic mass is 10.2. The van der Waals surface area contributed by atoms with Gasteiger partial charge in [0.25, 0.3) is 15.9 Å². The second-order valence-corrected chi connectivity index (χ2v) is 6.36. The van der Waals surface area contributed by atoms with E-state index in [0.717, 1.165) is 11.5 Å². The molecule has 0 aliphatic heterocycles. The molecule has 0 amide bonds. The Bertz CT molecular complexity index is 998. The van der Waals surface area contributed by atoms with Crippen LogP contribution in [0.15, 0.2) is 45.9 Å². The number of carbonyl (C=O) groups is 1. The van der Waals surface area contributed by atoms with Crippen LogP contribution in [0.1, 0.15) is 16.2 Å². The number of nitrogens with two attached hydrogens (primary N) is 2. The van der Waals surface area contributed by atoms with Gasteiger partial charge in [0.05, 0.1) is 5.52 Å². The van der Waals surface area contributed by atoms with Gasteiger partial charge in [-0.15, -0.1) is 0 Å². The average Bonchev–Trinajstić information content (AvgIpc) is 3.02. The molecule has 2 aromatic heterocycles. The van der Waals surface area contributed by atoms with Crippen molar-refractivity contribution in [2.24, 2.45) is 5.14 Å². The molecule has 7 nitrogen and oxygen atoms in total. The molecule has 0 aliphatic rings. The van der Waals surface area contributed by atoms with Crippen molar-refractivity contribution in [1.82, 2.24) is 4.57 Å². The molecule has 0 spiro atoms. The molecule has 8 heteroatoms. The maximum absolute atomic E-state index is 12.6. The Morgan fingerprint density at radius 3 is 2.59 bits per heavy atom. The summed E-state index contributed by atoms with van der Waals surface area (Å²) in [5, 5.41) is 5.26. The molecule has 0 saturated heterocycles. The number of nitrogens with zero attached hydrogens (tertiary/aromatic N) is 1. The number of fused-ring (bicyclic) bond motifs is 1. The average molecular weight is 319 g/mol. The predicted octanol–water partition coefficient (Wildman–Crippen LogP) is 1.46. The first-order chi connectivity index (χ1) is 10.3. The normalized spacial score (nSPS) is 11.9. The van der Waals surface area contributed by atoms with Crippen molar-refractivity contribution < 1.29 is 17.6 Å². The molecule has 0 atom stereocenters. The van der Waals surface area contributed by atoms with Crippen molar-refractivity contribution in [3.63, 3.8) is 0 Å². The van der Waals surface area contributed by atoms with Crippen LogP contribution in [-0.4, -0.2) is 18.9 Å². The summed E-state index contributed by atoms with van der Waals surface area (Å²) in [6.45, 7) is 1.75. The van der Waals surface area contributed by atoms with E-state index in [0.29, 0.717) is 16.9 Å². The third-order valence-corrected chi connectivity index (χ3v) is 4.12. The van der Waals surface area contributed by atoms with Crippen molar-refractivity contribution in [2.75, 3.05) is 5.73 Å². The molecule has 0 fully saturated rings. The van der Waals surface area contributed by atoms with Gasteiger partial charge in [-0.3, -0.25) is 9.36 Å². The molecule has 3 rings (SSSR count). The molecule has 22 heavy (non-hydrogen) atoms. The highest BCUT2D eigenvalue weighted by Gasteiger charge is 2.21. The monoisotopic (exact) mass is 319 g/mol. The Balaban J connectivity index is 2.16. The Kier molecular flexibility index (Phi) is 3.08. The minimum absolute atomic E-state index is 0.118. The van der Waals surface area contributed by atoms with E-state index in [1.807, 2.05) is 0 Å². The lowest BCUT2D eigenvalue weighted by Gasteiger charge is -2.05. The summed E-state index contributed by atoms with van der Waals surface area (Å²) in [6.07, 6.45) is 0. The molecule has 1 aromatic carbocycles. The molecule has 0 aliphatic carbocycles. The Labute approximate surface area is 126 Å². The fraction of sp³-hybridized carbons (Fsp3) is 0.0714. The smallest absolute Gasteiger partial charge is 0.298 e. The van der Waals surface area contributed by atoms with Crippen LogP contribution in [0.3, 0.4) is 0 Å². The summed E-state index contributed by atoms with van der Waals surface area (Å²) in [4.78, 5) is 12.6. The van der Waals surface area contributed by atoms with Gasteiger partial charge >= 0.3 is 0 Å². The molecule has 0 saturated carbocycles. The van der Waals surface area contributed by atoms with Crippen LogP contribution < -0.4 is 10.9 Å². The van der Waals surface area contributed by atoms with Crippen molar-refractivity contribution in [1.29, 1.82) is 0 Å². The number of nitrogen functional groups attached to an aromatic ring is 1. The molecule has 2 heterocycles. The van der Waals surface area contributed by atoms with E-state index in [-0.39, 0.29) is 5.76 Å². The van der Waals surface area contributed by atoms with Gasteiger partial charge in [-0.2, -0.15) is 0 Å². The van der Waals surface area contributed by atoms with Crippen molar-refractivity contribution in [2.45, 2.75) is 12.0 Å². The second-order valence-electron chi connectivity index (χ2n) is 4.87. The SMILES string of the molecule is Cc1cc2c(N)cccc2n1C(=O)c1ccc(S(N)(=O)=O)o1. The van der Waals surface area contributed by atoms with Crippen LogP contribution in [-0.2, 0) is 10.0 Å². The number of anilines is 1. The van der Waals surface area contributed by atoms with Gasteiger partial charge in [0, 0.05) is 16.8 Å². The maximum atomic E-state index is 12.6. The van der Waals surface area contributed by atoms with E-state index in [9.17, 15) is 13.2 Å². The Hall–Kier alpha value is -2.58. The first-order valence-corrected chi connectivity index (χ1v) is 7.87. The molecule has 4 N–H and O–H groups in total. The number of sulfonamides is 1. The largest absolute Gasteiger partial charge is 0.438 e. The minimum Gasteiger partial charge on any atom is -0.438 e. The fourth-order valence-electron chi connectivity index (χ4n) is 2.35. The maximum Gasteiger partial charge on any atom is 0.298 e. The second kappa shape index (κ2) is 4.72. The zero-order chi connectivity index (χ0) is 16.1. The quantitative estimate of drug-likeness (QED) is 0.693. The van der Waals surface area contributed by atoms with Crippen molar-refractivity contribution >= 4 is 32.5 Å². The van der Waals surface area contributed by atoms with E-state index in [4.69, 9.17) is 15.3 Å². The Morgan fingerprint density at radius 2 is 1.95 bits per heavy atom. The van der Waals surface area contributed by atoms with Gasteiger partial charge in [-0.05, 0) is 37.3 Å². The van der Waals surface area contributed by atoms with Crippen LogP contribution >= 0.6 is 0 Å². The highest BCUT2D eigenvalue weighted by molar-refractivity contribution is 7.89. The van der Waals surface area contributed by atoms with Gasteiger partial charge in [0.1, 0.15) is 0 Å². The van der Waals surface area contributed by atoms with E-state index >= 15 is 0 Å². The van der Waals surface area contributed by atoms with Crippen LogP contribution in [0.4, 0.5) is 5.69 Å². The van der Waals surface area contributed by atoms with Crippen LogP contribution in [0.5, 0.6) is 0 Å². The van der Waals surface area contributed by atoms with Crippen LogP contribution in [0.2, 0.25) is 0 Å². The lowest BCUT2D eigenvalue weighted by Crippen LogP contribution is -2.13. The standard InChI is InChI=1S/C14H13N3O4S/c1-8-7-9-10(15)3-2-4-11(9)17(8)14(18)12-5-6-13(21-12)22(16,19)20/h2-7H,15H2,1H3,(H2,16,19,20). The fourth-order valence-corrected chi connectivity index (χ4v) is 2.82. The van der Waals surface area contributed by atoms with Gasteiger partial charge < -0.3 is 10.2 Å². The summed E-state index contributed by atoms with van der Waals surface area (Å²) in [5.74, 6) is -0.611. The summed E-state index contributed by atoms with van der Waals surface area (Å²) in [7, 11) is -3.99. The minimum atomic E-state index is -3.99. The zero-order valence-electron chi connectivity index (χ0n) is 11.6. The molecule has 0 bridgehead atoms. The summed E-state index contributed by atoms with van der Waals surface area (Å²) < 4.78 is 28.9. The molecular formula is C14H13N3O4S. The molecule has 0 radical (unpaired) electrons. The van der Waals surface area contributed by atoms with E-state index < -0.39 is 21.0 Å². The number of rotatable bonds is 2. The summed E-state index contributed by atoms with van der Waals surface area (Å²) in [5.41, 5.74) is 7.73. The highest BCUT2D eigenvalue weighted by Crippen LogP contribution is 2.26. The Morgan fingerprint density at radius 1 is 1.23 bits per heavy atom. The number of primary sulfonamides is 1. The number of hydrogen-bond donors (Lipinski definition) is 2. The van der Waals surface area contributed by atoms with Gasteiger partial charge in [-0.25, -0.2) is 13.6 Å². The highest BCUT2D eigenvalue weighted by atomic mass is 32.2. The van der Waals surface area contributed by atoms with Crippen molar-refractivity contribution in [3.05, 3.63) is 47.9 Å². The number of carbonyl (C=O) groups excluding carboxylic acids is 1. The first-order valence-electron chi connectivity index (χ1n) is 6.33. The van der Waals surface area contributed by atoms with E-state index in [1.54, 1.807) is 31.2 Å². The topological polar surface area (TPSA) is 121 Å². The predicted molar refractivity (Wildman–Crippen MR) is 80.9 cm³/mol. The summed E-state index contributed by atoms with van der Waals surface area (Å²) >= 11 is 0. The first kappa shape index (κ1) is 14.4. The van der Waals surface area contributed by atoms with Crippen LogP contribution in [0.25, 0.3) is 10.9 Å². The van der Waals surface area contributed by atoms with E-state index in [1.165, 1.54) is 10.6 Å². The van der Waals surface area contributed by atoms with Crippen LogP contribution in [0, 0.1) is 6.92 Å². The van der Waals surface area contributed by atoms with Gasteiger partial charge in [0.15, 0.2) is 5.76 Å². The van der Waals surface area contributed by atoms with Gasteiger partial charge in [0.2, 0.25) is 5.09 Å². The molecular weight excluding hydrogens is 306 g/mol. The van der Waals surface area contributed by atoms with Crippen molar-refractivity contribution in [3.8, 4) is 0 Å². The number of aromatic nitrogens is 1. The third kappa shape index (κ3) is 2.18. The molecule has 3 aromatic rings.